The van der Waals surface area contributed by atoms with E-state index in [0.29, 0.717) is 11.1 Å². The van der Waals surface area contributed by atoms with Crippen LogP contribution in [0.25, 0.3) is 5.57 Å². The van der Waals surface area contributed by atoms with Crippen molar-refractivity contribution in [1.29, 1.82) is 0 Å². The molecule has 1 aliphatic carbocycles. The summed E-state index contributed by atoms with van der Waals surface area (Å²) >= 11 is 0. The first kappa shape index (κ1) is 14.8. The number of hydrogen-bond donors (Lipinski definition) is 0. The van der Waals surface area contributed by atoms with Crippen LogP contribution in [-0.2, 0) is 20.7 Å². The van der Waals surface area contributed by atoms with Crippen molar-refractivity contribution in [2.45, 2.75) is 53.4 Å². The quantitative estimate of drug-likeness (QED) is 0.316. The summed E-state index contributed by atoms with van der Waals surface area (Å²) in [7, 11) is 0. The molecule has 0 unspecified atom stereocenters. The topological polar surface area (TPSA) is 56.5 Å². The molecule has 0 saturated carbocycles. The van der Waals surface area contributed by atoms with Gasteiger partial charge in [0.05, 0.1) is 11.1 Å². The van der Waals surface area contributed by atoms with Crippen LogP contribution in [-0.4, -0.2) is 11.9 Å². The van der Waals surface area contributed by atoms with E-state index in [-0.39, 0.29) is 0 Å². The summed E-state index contributed by atoms with van der Waals surface area (Å²) < 4.78 is 10.7. The summed E-state index contributed by atoms with van der Waals surface area (Å²) in [5, 5.41) is 0. The van der Waals surface area contributed by atoms with Gasteiger partial charge >= 0.3 is 11.9 Å². The van der Waals surface area contributed by atoms with Gasteiger partial charge in [0.1, 0.15) is 11.5 Å². The zero-order valence-electron chi connectivity index (χ0n) is 13.5. The summed E-state index contributed by atoms with van der Waals surface area (Å²) in [6.07, 6.45) is 3.75. The molecule has 1 aromatic heterocycles. The fourth-order valence-corrected chi connectivity index (χ4v) is 3.52. The van der Waals surface area contributed by atoms with E-state index in [1.807, 2.05) is 27.7 Å². The molecule has 0 N–H and O–H groups in total. The van der Waals surface area contributed by atoms with Gasteiger partial charge in [0.2, 0.25) is 0 Å². The van der Waals surface area contributed by atoms with Crippen LogP contribution in [0.3, 0.4) is 0 Å². The van der Waals surface area contributed by atoms with Crippen LogP contribution in [0.1, 0.15) is 55.8 Å². The third-order valence-corrected chi connectivity index (χ3v) is 4.44. The standard InChI is InChI=1S/C18H20O4/c1-9(2)14-16(18(20)22-17(14)19)13-8-6-5-7-12-10(3)21-11(4)15(12)13/h5-8H2,1-4H3. The number of furan rings is 1. The molecule has 4 heteroatoms. The van der Waals surface area contributed by atoms with Crippen LogP contribution in [0.5, 0.6) is 0 Å². The van der Waals surface area contributed by atoms with Crippen molar-refractivity contribution in [2.24, 2.45) is 0 Å². The Bertz CT molecular complexity index is 739. The van der Waals surface area contributed by atoms with E-state index in [1.54, 1.807) is 0 Å². The first-order chi connectivity index (χ1) is 10.4. The second kappa shape index (κ2) is 5.27. The number of ether oxygens (including phenoxy) is 1. The van der Waals surface area contributed by atoms with E-state index in [9.17, 15) is 9.59 Å². The Morgan fingerprint density at radius 1 is 0.955 bits per heavy atom. The van der Waals surface area contributed by atoms with Crippen LogP contribution in [0.4, 0.5) is 0 Å². The van der Waals surface area contributed by atoms with Crippen molar-refractivity contribution < 1.29 is 18.7 Å². The number of rotatable bonds is 0. The Morgan fingerprint density at radius 2 is 1.64 bits per heavy atom. The van der Waals surface area contributed by atoms with Crippen molar-refractivity contribution in [3.8, 4) is 0 Å². The molecule has 2 aliphatic rings. The predicted octanol–water partition coefficient (Wildman–Crippen LogP) is 3.80. The highest BCUT2D eigenvalue weighted by atomic mass is 16.6. The maximum Gasteiger partial charge on any atom is 0.347 e. The van der Waals surface area contributed by atoms with Gasteiger partial charge in [0.25, 0.3) is 0 Å². The average Bonchev–Trinajstić information content (AvgIpc) is 2.78. The number of carbonyl (C=O) groups is 2. The fraction of sp³-hybridized carbons (Fsp3) is 0.444. The van der Waals surface area contributed by atoms with Crippen LogP contribution >= 0.6 is 0 Å². The molecule has 1 fully saturated rings. The lowest BCUT2D eigenvalue weighted by molar-refractivity contribution is -0.149. The molecule has 0 bridgehead atoms. The van der Waals surface area contributed by atoms with Gasteiger partial charge in [-0.25, -0.2) is 9.59 Å². The van der Waals surface area contributed by atoms with Gasteiger partial charge in [-0.2, -0.15) is 0 Å². The molecule has 1 aliphatic heterocycles. The number of allylic oxidation sites excluding steroid dienone is 2. The van der Waals surface area contributed by atoms with E-state index < -0.39 is 11.9 Å². The molecule has 1 saturated heterocycles. The Balaban J connectivity index is 2.33. The average molecular weight is 300 g/mol. The summed E-state index contributed by atoms with van der Waals surface area (Å²) in [6, 6.07) is 0. The van der Waals surface area contributed by atoms with Crippen molar-refractivity contribution in [3.05, 3.63) is 39.4 Å². The van der Waals surface area contributed by atoms with E-state index in [2.05, 4.69) is 0 Å². The molecule has 4 nitrogen and oxygen atoms in total. The van der Waals surface area contributed by atoms with E-state index >= 15 is 0 Å². The number of fused-ring (bicyclic) bond motifs is 1. The Hall–Kier alpha value is -2.10. The maximum atomic E-state index is 12.3. The predicted molar refractivity (Wildman–Crippen MR) is 82.1 cm³/mol. The van der Waals surface area contributed by atoms with Crippen LogP contribution in [0, 0.1) is 13.8 Å². The van der Waals surface area contributed by atoms with Crippen LogP contribution < -0.4 is 0 Å². The van der Waals surface area contributed by atoms with E-state index in [1.165, 1.54) is 0 Å². The molecule has 0 radical (unpaired) electrons. The number of hydrogen-bond acceptors (Lipinski definition) is 4. The highest BCUT2D eigenvalue weighted by Gasteiger charge is 2.38. The second-order valence-electron chi connectivity index (χ2n) is 6.18. The largest absolute Gasteiger partial charge is 0.466 e. The molecule has 3 rings (SSSR count). The molecule has 1 aromatic rings. The molecule has 0 amide bonds. The zero-order chi connectivity index (χ0) is 16.0. The third-order valence-electron chi connectivity index (χ3n) is 4.44. The van der Waals surface area contributed by atoms with Crippen molar-refractivity contribution in [1.82, 2.24) is 0 Å². The number of aryl methyl sites for hydroxylation is 2. The molecular formula is C18H20O4. The molecule has 2 heterocycles. The minimum absolute atomic E-state index is 0.422. The number of esters is 2. The van der Waals surface area contributed by atoms with Gasteiger partial charge in [0.15, 0.2) is 0 Å². The lowest BCUT2D eigenvalue weighted by Crippen LogP contribution is -2.02. The summed E-state index contributed by atoms with van der Waals surface area (Å²) in [5.41, 5.74) is 4.76. The Morgan fingerprint density at radius 3 is 2.32 bits per heavy atom. The highest BCUT2D eigenvalue weighted by Crippen LogP contribution is 2.41. The SMILES string of the molecule is CC(C)=C1C(=O)OC(=O)C1=C1CCCCc2c(C)oc(C)c21. The van der Waals surface area contributed by atoms with Gasteiger partial charge in [0, 0.05) is 11.1 Å². The summed E-state index contributed by atoms with van der Waals surface area (Å²) in [5.74, 6) is 0.666. The first-order valence-electron chi connectivity index (χ1n) is 7.68. The Labute approximate surface area is 129 Å². The zero-order valence-corrected chi connectivity index (χ0v) is 13.5. The summed E-state index contributed by atoms with van der Waals surface area (Å²) in [4.78, 5) is 24.3. The van der Waals surface area contributed by atoms with Crippen molar-refractivity contribution in [2.75, 3.05) is 0 Å². The fourth-order valence-electron chi connectivity index (χ4n) is 3.52. The normalized spacial score (nSPS) is 21.7. The van der Waals surface area contributed by atoms with Gasteiger partial charge in [-0.15, -0.1) is 0 Å². The minimum Gasteiger partial charge on any atom is -0.466 e. The van der Waals surface area contributed by atoms with E-state index in [4.69, 9.17) is 9.15 Å². The maximum absolute atomic E-state index is 12.3. The molecule has 116 valence electrons. The van der Waals surface area contributed by atoms with Crippen molar-refractivity contribution >= 4 is 17.5 Å². The molecule has 0 spiro atoms. The van der Waals surface area contributed by atoms with Crippen molar-refractivity contribution in [3.63, 3.8) is 0 Å². The lowest BCUT2D eigenvalue weighted by Gasteiger charge is -2.09. The van der Waals surface area contributed by atoms with Gasteiger partial charge in [-0.1, -0.05) is 5.57 Å². The molecular weight excluding hydrogens is 280 g/mol. The van der Waals surface area contributed by atoms with Crippen LogP contribution in [0.15, 0.2) is 21.1 Å². The Kier molecular flexibility index (Phi) is 3.55. The van der Waals surface area contributed by atoms with Gasteiger partial charge < -0.3 is 9.15 Å². The molecule has 22 heavy (non-hydrogen) atoms. The smallest absolute Gasteiger partial charge is 0.347 e. The molecule has 0 aromatic carbocycles. The molecule has 0 atom stereocenters. The minimum atomic E-state index is -0.531. The van der Waals surface area contributed by atoms with Gasteiger partial charge in [-0.05, 0) is 59.0 Å². The monoisotopic (exact) mass is 300 g/mol. The third kappa shape index (κ3) is 2.14. The number of cyclic esters (lactones) is 2. The highest BCUT2D eigenvalue weighted by molar-refractivity contribution is 6.22. The summed E-state index contributed by atoms with van der Waals surface area (Å²) in [6.45, 7) is 7.54. The number of carbonyl (C=O) groups excluding carboxylic acids is 2. The second-order valence-corrected chi connectivity index (χ2v) is 6.18. The van der Waals surface area contributed by atoms with Gasteiger partial charge in [-0.3, -0.25) is 0 Å². The van der Waals surface area contributed by atoms with E-state index in [0.717, 1.165) is 59.5 Å². The van der Waals surface area contributed by atoms with Crippen LogP contribution in [0.2, 0.25) is 0 Å². The lowest BCUT2D eigenvalue weighted by atomic mass is 9.90. The first-order valence-corrected chi connectivity index (χ1v) is 7.68.